The zero-order chi connectivity index (χ0) is 67.6. The zero-order valence-corrected chi connectivity index (χ0v) is 56.3. The lowest BCUT2D eigenvalue weighted by Crippen LogP contribution is -1.83. The predicted octanol–water partition coefficient (Wildman–Crippen LogP) is 27.8. The van der Waals surface area contributed by atoms with Gasteiger partial charge < -0.3 is 22.1 Å². The predicted molar refractivity (Wildman–Crippen MR) is 419 cm³/mol. The molecule has 0 radical (unpaired) electrons. The van der Waals surface area contributed by atoms with Gasteiger partial charge in [0.2, 0.25) is 0 Å². The summed E-state index contributed by atoms with van der Waals surface area (Å²) >= 11 is 0. The summed E-state index contributed by atoms with van der Waals surface area (Å²) in [6.45, 7) is 10.6. The van der Waals surface area contributed by atoms with Crippen LogP contribution in [0.1, 0.15) is 27.8 Å². The minimum atomic E-state index is 0.946. The van der Waals surface area contributed by atoms with Gasteiger partial charge in [-0.2, -0.15) is 0 Å². The van der Waals surface area contributed by atoms with Gasteiger partial charge in [-0.3, -0.25) is 0 Å². The topological polar surface area (TPSA) is 65.7 Å². The van der Waals surface area contributed by atoms with Crippen molar-refractivity contribution in [1.29, 1.82) is 0 Å². The Kier molecular flexibility index (Phi) is 16.8. The van der Waals surface area contributed by atoms with E-state index in [0.717, 1.165) is 55.8 Å². The van der Waals surface area contributed by atoms with Crippen LogP contribution >= 0.6 is 0 Å². The Bertz CT molecular complexity index is 6330. The molecule has 15 aromatic carbocycles. The van der Waals surface area contributed by atoms with Crippen molar-refractivity contribution in [3.05, 3.63) is 361 Å². The number of hydrogen-bond acceptors (Lipinski definition) is 5. The third-order valence-corrected chi connectivity index (χ3v) is 18.9. The summed E-state index contributed by atoms with van der Waals surface area (Å²) in [5.41, 5.74) is 28.2. The number of hydrogen-bond donors (Lipinski definition) is 0. The average Bonchev–Trinajstić information content (AvgIpc) is 1.63. The van der Waals surface area contributed by atoms with Gasteiger partial charge in [0.05, 0.1) is 0 Å². The highest BCUT2D eigenvalue weighted by atomic mass is 16.3. The Balaban J connectivity index is 0.0000000972. The molecule has 5 nitrogen and oxygen atoms in total. The van der Waals surface area contributed by atoms with E-state index in [-0.39, 0.29) is 0 Å². The number of para-hydroxylation sites is 4. The number of rotatable bonds is 5. The molecule has 0 aliphatic rings. The quantitative estimate of drug-likeness (QED) is 0.172. The van der Waals surface area contributed by atoms with Gasteiger partial charge in [-0.15, -0.1) is 0 Å². The van der Waals surface area contributed by atoms with Crippen LogP contribution in [-0.2, 0) is 0 Å². The fourth-order valence-electron chi connectivity index (χ4n) is 14.1. The molecule has 20 aromatic rings. The molecule has 5 heterocycles. The van der Waals surface area contributed by atoms with Crippen LogP contribution in [0, 0.1) is 34.6 Å². The standard InChI is InChI=1S/5C19H14O/c1-13-6-4-7-14(12-13)15-9-5-11-18-19(15)16-8-2-3-10-17(16)20-18;1-13-7-2-3-8-14(13)15-10-6-12-18-19(15)16-9-4-5-11-17(16)20-18;1-13-9-11-14(12-10-13)15-6-4-8-18-19(15)16-5-2-3-7-17(16)20-18;1-13-6-5-9-18-19(13)16-12-15(10-11-17(16)20-18)14-7-3-2-4-8-14;1-13-11-16(14-7-3-2-4-8-14)19-15-9-5-6-10-17(15)20-18(19)12-13/h5*2-12H,1H3. The van der Waals surface area contributed by atoms with Crippen molar-refractivity contribution in [2.24, 2.45) is 0 Å². The fraction of sp³-hybridized carbons (Fsp3) is 0.0526. The average molecular weight is 1290 g/mol. The molecule has 5 aromatic heterocycles. The second-order valence-corrected chi connectivity index (χ2v) is 25.7. The van der Waals surface area contributed by atoms with E-state index in [1.807, 2.05) is 91.0 Å². The molecule has 20 rings (SSSR count). The lowest BCUT2D eigenvalue weighted by Gasteiger charge is -2.07. The summed E-state index contributed by atoms with van der Waals surface area (Å²) < 4.78 is 29.8. The van der Waals surface area contributed by atoms with Gasteiger partial charge in [0, 0.05) is 53.9 Å². The first-order chi connectivity index (χ1) is 49.1. The maximum atomic E-state index is 6.00. The first-order valence-electron chi connectivity index (χ1n) is 34.0. The van der Waals surface area contributed by atoms with Crippen molar-refractivity contribution in [2.75, 3.05) is 0 Å². The summed E-state index contributed by atoms with van der Waals surface area (Å²) in [5, 5.41) is 12.0. The van der Waals surface area contributed by atoms with Gasteiger partial charge in [-0.1, -0.05) is 278 Å². The van der Waals surface area contributed by atoms with Crippen LogP contribution < -0.4 is 0 Å². The van der Waals surface area contributed by atoms with Crippen molar-refractivity contribution in [3.8, 4) is 55.6 Å². The number of furan rings is 5. The van der Waals surface area contributed by atoms with Crippen molar-refractivity contribution in [3.63, 3.8) is 0 Å². The number of fused-ring (bicyclic) bond motifs is 15. The summed E-state index contributed by atoms with van der Waals surface area (Å²) in [5.74, 6) is 0. The largest absolute Gasteiger partial charge is 0.456 e. The second kappa shape index (κ2) is 27.1. The summed E-state index contributed by atoms with van der Waals surface area (Å²) in [4.78, 5) is 0. The molecule has 480 valence electrons. The molecule has 0 atom stereocenters. The minimum Gasteiger partial charge on any atom is -0.456 e. The molecule has 0 saturated heterocycles. The van der Waals surface area contributed by atoms with E-state index in [1.54, 1.807) is 0 Å². The minimum absolute atomic E-state index is 0.946. The lowest BCUT2D eigenvalue weighted by molar-refractivity contribution is 0.668. The molecule has 0 bridgehead atoms. The monoisotopic (exact) mass is 1290 g/mol. The first kappa shape index (κ1) is 62.1. The van der Waals surface area contributed by atoms with Crippen molar-refractivity contribution < 1.29 is 22.1 Å². The molecule has 0 N–H and O–H groups in total. The van der Waals surface area contributed by atoms with E-state index >= 15 is 0 Å². The second-order valence-electron chi connectivity index (χ2n) is 25.7. The highest BCUT2D eigenvalue weighted by Crippen LogP contribution is 2.42. The van der Waals surface area contributed by atoms with Crippen LogP contribution in [0.15, 0.2) is 356 Å². The molecule has 0 spiro atoms. The number of aryl methyl sites for hydroxylation is 5. The summed E-state index contributed by atoms with van der Waals surface area (Å²) in [6, 6.07) is 115. The van der Waals surface area contributed by atoms with Gasteiger partial charge in [0.25, 0.3) is 0 Å². The van der Waals surface area contributed by atoms with Crippen molar-refractivity contribution >= 4 is 110 Å². The van der Waals surface area contributed by atoms with Gasteiger partial charge in [-0.05, 0) is 174 Å². The fourth-order valence-corrected chi connectivity index (χ4v) is 14.1. The molecule has 0 aliphatic carbocycles. The van der Waals surface area contributed by atoms with Crippen molar-refractivity contribution in [1.82, 2.24) is 0 Å². The maximum absolute atomic E-state index is 6.00. The van der Waals surface area contributed by atoms with Gasteiger partial charge >= 0.3 is 0 Å². The lowest BCUT2D eigenvalue weighted by atomic mass is 9.96. The molecule has 0 unspecified atom stereocenters. The van der Waals surface area contributed by atoms with Gasteiger partial charge in [-0.25, -0.2) is 0 Å². The van der Waals surface area contributed by atoms with E-state index in [9.17, 15) is 0 Å². The van der Waals surface area contributed by atoms with E-state index in [0.29, 0.717) is 0 Å². The molecule has 100 heavy (non-hydrogen) atoms. The highest BCUT2D eigenvalue weighted by molar-refractivity contribution is 6.16. The summed E-state index contributed by atoms with van der Waals surface area (Å²) in [7, 11) is 0. The first-order valence-corrected chi connectivity index (χ1v) is 34.0. The third-order valence-electron chi connectivity index (χ3n) is 18.9. The molecular weight excluding hydrogens is 1220 g/mol. The normalized spacial score (nSPS) is 11.2. The molecule has 5 heteroatoms. The molecule has 0 aliphatic heterocycles. The third kappa shape index (κ3) is 12.2. The zero-order valence-electron chi connectivity index (χ0n) is 56.3. The van der Waals surface area contributed by atoms with Crippen molar-refractivity contribution in [2.45, 2.75) is 34.6 Å². The Labute approximate surface area is 580 Å². The van der Waals surface area contributed by atoms with E-state index in [2.05, 4.69) is 277 Å². The van der Waals surface area contributed by atoms with Crippen LogP contribution in [0.4, 0.5) is 0 Å². The molecular formula is C95H70O5. The smallest absolute Gasteiger partial charge is 0.136 e. The van der Waals surface area contributed by atoms with Gasteiger partial charge in [0.1, 0.15) is 55.8 Å². The maximum Gasteiger partial charge on any atom is 0.136 e. The van der Waals surface area contributed by atoms with Crippen LogP contribution in [0.3, 0.4) is 0 Å². The Hall–Kier alpha value is -12.7. The van der Waals surface area contributed by atoms with Crippen LogP contribution in [0.5, 0.6) is 0 Å². The van der Waals surface area contributed by atoms with E-state index in [1.165, 1.54) is 137 Å². The molecule has 0 saturated carbocycles. The van der Waals surface area contributed by atoms with Crippen LogP contribution in [0.2, 0.25) is 0 Å². The summed E-state index contributed by atoms with van der Waals surface area (Å²) in [6.07, 6.45) is 0. The highest BCUT2D eigenvalue weighted by Gasteiger charge is 2.18. The van der Waals surface area contributed by atoms with Crippen LogP contribution in [-0.4, -0.2) is 0 Å². The van der Waals surface area contributed by atoms with E-state index < -0.39 is 0 Å². The van der Waals surface area contributed by atoms with Crippen LogP contribution in [0.25, 0.3) is 165 Å². The molecule has 0 amide bonds. The Morgan fingerprint density at radius 3 is 1.08 bits per heavy atom. The van der Waals surface area contributed by atoms with Gasteiger partial charge in [0.15, 0.2) is 0 Å². The SMILES string of the molecule is Cc1cc(-c2ccccc2)c2c(c1)oc1ccccc12.Cc1ccc(-c2cccc3oc4ccccc4c23)cc1.Cc1cccc(-c2cccc3oc4ccccc4c23)c1.Cc1cccc2oc3ccc(-c4ccccc4)cc3c12.Cc1ccccc1-c1cccc2oc3ccccc3c12. The Morgan fingerprint density at radius 1 is 0.160 bits per heavy atom. The molecule has 0 fully saturated rings. The number of benzene rings is 15. The Morgan fingerprint density at radius 2 is 0.530 bits per heavy atom. The van der Waals surface area contributed by atoms with E-state index in [4.69, 9.17) is 22.1 Å².